The van der Waals surface area contributed by atoms with Crippen molar-refractivity contribution < 1.29 is 4.74 Å². The van der Waals surface area contributed by atoms with Crippen LogP contribution in [0.5, 0.6) is 5.75 Å². The first kappa shape index (κ1) is 15.5. The normalized spacial score (nSPS) is 19.8. The number of hydrogen-bond acceptors (Lipinski definition) is 7. The summed E-state index contributed by atoms with van der Waals surface area (Å²) in [5.41, 5.74) is 3.43. The van der Waals surface area contributed by atoms with Gasteiger partial charge in [-0.2, -0.15) is 5.10 Å². The Bertz CT molecular complexity index is 944. The monoisotopic (exact) mass is 351 g/mol. The van der Waals surface area contributed by atoms with E-state index in [4.69, 9.17) is 9.84 Å². The van der Waals surface area contributed by atoms with Gasteiger partial charge in [0.1, 0.15) is 17.1 Å². The van der Waals surface area contributed by atoms with E-state index in [9.17, 15) is 0 Å². The maximum absolute atomic E-state index is 5.51. The van der Waals surface area contributed by atoms with Crippen LogP contribution in [0.25, 0.3) is 17.0 Å². The second-order valence-electron chi connectivity index (χ2n) is 6.89. The van der Waals surface area contributed by atoms with Crippen LogP contribution < -0.4 is 15.4 Å². The molecular formula is C18H21N7O. The zero-order valence-electron chi connectivity index (χ0n) is 14.6. The molecular weight excluding hydrogens is 330 g/mol. The van der Waals surface area contributed by atoms with E-state index in [1.54, 1.807) is 13.3 Å². The zero-order chi connectivity index (χ0) is 17.5. The van der Waals surface area contributed by atoms with E-state index in [0.717, 1.165) is 60.8 Å². The zero-order valence-corrected chi connectivity index (χ0v) is 14.6. The Hall–Kier alpha value is -2.74. The molecule has 0 amide bonds. The van der Waals surface area contributed by atoms with Crippen LogP contribution in [0, 0.1) is 0 Å². The highest BCUT2D eigenvalue weighted by Gasteiger charge is 2.29. The Labute approximate surface area is 151 Å². The van der Waals surface area contributed by atoms with Gasteiger partial charge in [-0.1, -0.05) is 0 Å². The molecule has 1 aliphatic carbocycles. The molecule has 0 aromatic carbocycles. The molecule has 1 saturated heterocycles. The summed E-state index contributed by atoms with van der Waals surface area (Å²) in [6, 6.07) is 4.22. The minimum absolute atomic E-state index is 0.372. The molecule has 134 valence electrons. The van der Waals surface area contributed by atoms with E-state index in [0.29, 0.717) is 17.9 Å². The topological polar surface area (TPSA) is 89.3 Å². The predicted molar refractivity (Wildman–Crippen MR) is 97.4 cm³/mol. The van der Waals surface area contributed by atoms with Gasteiger partial charge >= 0.3 is 0 Å². The predicted octanol–water partition coefficient (Wildman–Crippen LogP) is 1.85. The molecule has 1 aliphatic heterocycles. The van der Waals surface area contributed by atoms with Gasteiger partial charge in [0.2, 0.25) is 5.95 Å². The first-order chi connectivity index (χ1) is 12.8. The minimum atomic E-state index is 0.372. The lowest BCUT2D eigenvalue weighted by Gasteiger charge is -2.12. The molecule has 8 nitrogen and oxygen atoms in total. The van der Waals surface area contributed by atoms with E-state index in [-0.39, 0.29) is 0 Å². The van der Waals surface area contributed by atoms with Crippen molar-refractivity contribution in [1.29, 1.82) is 0 Å². The highest BCUT2D eigenvalue weighted by atomic mass is 16.5. The first-order valence-corrected chi connectivity index (χ1v) is 9.05. The molecule has 2 N–H and O–H groups in total. The van der Waals surface area contributed by atoms with Crippen molar-refractivity contribution in [3.05, 3.63) is 30.2 Å². The van der Waals surface area contributed by atoms with Crippen LogP contribution >= 0.6 is 0 Å². The van der Waals surface area contributed by atoms with E-state index in [2.05, 4.69) is 25.6 Å². The van der Waals surface area contributed by atoms with Gasteiger partial charge in [0.15, 0.2) is 5.65 Å². The number of nitrogens with zero attached hydrogens (tertiary/aromatic N) is 5. The molecule has 5 rings (SSSR count). The van der Waals surface area contributed by atoms with Crippen molar-refractivity contribution in [3.8, 4) is 17.1 Å². The smallest absolute Gasteiger partial charge is 0.223 e. The molecule has 4 heterocycles. The number of rotatable bonds is 5. The van der Waals surface area contributed by atoms with Crippen LogP contribution in [-0.4, -0.2) is 50.8 Å². The maximum atomic E-state index is 5.51. The summed E-state index contributed by atoms with van der Waals surface area (Å²) in [4.78, 5) is 13.5. The number of hydrogen-bond donors (Lipinski definition) is 2. The largest absolute Gasteiger partial charge is 0.495 e. The van der Waals surface area contributed by atoms with Crippen LogP contribution in [0.3, 0.4) is 0 Å². The Kier molecular flexibility index (Phi) is 3.70. The van der Waals surface area contributed by atoms with Crippen molar-refractivity contribution in [2.24, 2.45) is 0 Å². The number of ether oxygens (including phenoxy) is 1. The molecule has 8 heteroatoms. The van der Waals surface area contributed by atoms with Crippen molar-refractivity contribution in [2.45, 2.75) is 31.2 Å². The number of aromatic nitrogens is 5. The summed E-state index contributed by atoms with van der Waals surface area (Å²) < 4.78 is 7.37. The van der Waals surface area contributed by atoms with Crippen LogP contribution in [0.1, 0.15) is 30.9 Å². The Balaban J connectivity index is 1.53. The second-order valence-corrected chi connectivity index (χ2v) is 6.89. The number of methoxy groups -OCH3 is 1. The number of imidazole rings is 1. The van der Waals surface area contributed by atoms with Crippen molar-refractivity contribution in [3.63, 3.8) is 0 Å². The Morgan fingerprint density at radius 3 is 2.96 bits per heavy atom. The molecule has 2 aliphatic rings. The fourth-order valence-electron chi connectivity index (χ4n) is 3.42. The summed E-state index contributed by atoms with van der Waals surface area (Å²) in [6.07, 6.45) is 6.99. The third-order valence-corrected chi connectivity index (χ3v) is 4.98. The fourth-order valence-corrected chi connectivity index (χ4v) is 3.42. The van der Waals surface area contributed by atoms with Crippen molar-refractivity contribution in [2.75, 3.05) is 25.5 Å². The SMILES string of the molecule is COc1cc2ncc(-c3ccnc(NC4CCNC4)n3)n2nc1C1CC1. The van der Waals surface area contributed by atoms with Gasteiger partial charge < -0.3 is 15.4 Å². The average molecular weight is 351 g/mol. The van der Waals surface area contributed by atoms with Gasteiger partial charge in [0.25, 0.3) is 0 Å². The summed E-state index contributed by atoms with van der Waals surface area (Å²) in [5, 5.41) is 11.5. The third kappa shape index (κ3) is 2.76. The number of nitrogens with one attached hydrogen (secondary N) is 2. The quantitative estimate of drug-likeness (QED) is 0.725. The Morgan fingerprint density at radius 2 is 2.19 bits per heavy atom. The molecule has 0 bridgehead atoms. The number of anilines is 1. The average Bonchev–Trinajstić information content (AvgIpc) is 3.23. The van der Waals surface area contributed by atoms with Gasteiger partial charge in [0.05, 0.1) is 19.0 Å². The summed E-state index contributed by atoms with van der Waals surface area (Å²) >= 11 is 0. The number of fused-ring (bicyclic) bond motifs is 1. The van der Waals surface area contributed by atoms with Crippen LogP contribution in [0.15, 0.2) is 24.5 Å². The maximum Gasteiger partial charge on any atom is 0.223 e. The van der Waals surface area contributed by atoms with Gasteiger partial charge in [-0.15, -0.1) is 0 Å². The van der Waals surface area contributed by atoms with Gasteiger partial charge in [-0.05, 0) is 31.9 Å². The fraction of sp³-hybridized carbons (Fsp3) is 0.444. The first-order valence-electron chi connectivity index (χ1n) is 9.05. The second kappa shape index (κ2) is 6.21. The molecule has 2 fully saturated rings. The summed E-state index contributed by atoms with van der Waals surface area (Å²) in [6.45, 7) is 1.97. The Morgan fingerprint density at radius 1 is 1.27 bits per heavy atom. The minimum Gasteiger partial charge on any atom is -0.495 e. The third-order valence-electron chi connectivity index (χ3n) is 4.98. The van der Waals surface area contributed by atoms with E-state index in [1.807, 2.05) is 22.8 Å². The van der Waals surface area contributed by atoms with Crippen LogP contribution in [0.2, 0.25) is 0 Å². The molecule has 3 aromatic rings. The van der Waals surface area contributed by atoms with Crippen LogP contribution in [0.4, 0.5) is 5.95 Å². The highest BCUT2D eigenvalue weighted by molar-refractivity contribution is 5.61. The van der Waals surface area contributed by atoms with Gasteiger partial charge in [0, 0.05) is 30.8 Å². The molecule has 3 aromatic heterocycles. The molecule has 0 spiro atoms. The molecule has 1 saturated carbocycles. The van der Waals surface area contributed by atoms with Gasteiger partial charge in [-0.3, -0.25) is 0 Å². The summed E-state index contributed by atoms with van der Waals surface area (Å²) in [7, 11) is 1.68. The lowest BCUT2D eigenvalue weighted by molar-refractivity contribution is 0.405. The summed E-state index contributed by atoms with van der Waals surface area (Å²) in [5.74, 6) is 1.94. The molecule has 0 radical (unpaired) electrons. The molecule has 26 heavy (non-hydrogen) atoms. The van der Waals surface area contributed by atoms with E-state index >= 15 is 0 Å². The van der Waals surface area contributed by atoms with Crippen LogP contribution in [-0.2, 0) is 0 Å². The standard InChI is InChI=1S/C18H21N7O/c1-26-15-8-16-21-10-14(25(16)24-17(15)11-2-3-11)13-5-7-20-18(23-13)22-12-4-6-19-9-12/h5,7-8,10-12,19H,2-4,6,9H2,1H3,(H,20,22,23). The van der Waals surface area contributed by atoms with E-state index in [1.165, 1.54) is 0 Å². The van der Waals surface area contributed by atoms with Crippen molar-refractivity contribution in [1.82, 2.24) is 29.9 Å². The van der Waals surface area contributed by atoms with Crippen molar-refractivity contribution >= 4 is 11.6 Å². The molecule has 1 atom stereocenters. The highest BCUT2D eigenvalue weighted by Crippen LogP contribution is 2.43. The van der Waals surface area contributed by atoms with E-state index < -0.39 is 0 Å². The van der Waals surface area contributed by atoms with Gasteiger partial charge in [-0.25, -0.2) is 19.5 Å². The lowest BCUT2D eigenvalue weighted by atomic mass is 10.2. The lowest BCUT2D eigenvalue weighted by Crippen LogP contribution is -2.23. The molecule has 1 unspecified atom stereocenters.